The number of hydrazone groups is 1. The molecule has 1 fully saturated rings. The average molecular weight is 583 g/mol. The van der Waals surface area contributed by atoms with Crippen molar-refractivity contribution in [2.75, 3.05) is 26.3 Å². The highest BCUT2D eigenvalue weighted by molar-refractivity contribution is 6.36. The Kier molecular flexibility index (Phi) is 9.27. The zero-order chi connectivity index (χ0) is 28.1. The van der Waals surface area contributed by atoms with E-state index in [4.69, 9.17) is 39.5 Å². The maximum atomic E-state index is 12.6. The summed E-state index contributed by atoms with van der Waals surface area (Å²) in [5.74, 6) is 6.51. The first-order valence-corrected chi connectivity index (χ1v) is 14.4. The molecule has 9 heteroatoms. The number of hydrazine groups is 1. The van der Waals surface area contributed by atoms with E-state index in [0.717, 1.165) is 78.9 Å². The smallest absolute Gasteiger partial charge is 0.152 e. The number of likely N-dealkylation sites (tertiary alicyclic amines) is 1. The number of aryl methyl sites for hydroxylation is 1. The van der Waals surface area contributed by atoms with E-state index >= 15 is 0 Å². The third-order valence-electron chi connectivity index (χ3n) is 7.57. The number of nitrogens with one attached hydrogen (secondary N) is 1. The van der Waals surface area contributed by atoms with E-state index in [1.807, 2.05) is 30.3 Å². The quantitative estimate of drug-likeness (QED) is 0.121. The molecule has 1 saturated heterocycles. The van der Waals surface area contributed by atoms with Crippen molar-refractivity contribution in [1.82, 2.24) is 10.4 Å². The number of alkyl halides is 1. The first-order valence-electron chi connectivity index (χ1n) is 13.6. The Bertz CT molecular complexity index is 1410. The van der Waals surface area contributed by atoms with Crippen molar-refractivity contribution >= 4 is 40.2 Å². The molecule has 3 aromatic carbocycles. The summed E-state index contributed by atoms with van der Waals surface area (Å²) in [6, 6.07) is 20.1. The van der Waals surface area contributed by atoms with Crippen LogP contribution in [0.3, 0.4) is 0 Å². The molecule has 0 saturated carbocycles. The second-order valence-electron chi connectivity index (χ2n) is 10.2. The van der Waals surface area contributed by atoms with Gasteiger partial charge in [-0.15, -0.1) is 5.10 Å². The molecule has 1 aliphatic heterocycles. The summed E-state index contributed by atoms with van der Waals surface area (Å²) in [6.07, 6.45) is 4.31. The first-order chi connectivity index (χ1) is 19.5. The van der Waals surface area contributed by atoms with E-state index in [1.54, 1.807) is 6.07 Å². The fraction of sp³-hybridized carbons (Fsp3) is 0.323. The lowest BCUT2D eigenvalue weighted by Crippen LogP contribution is -2.26. The van der Waals surface area contributed by atoms with Crippen LogP contribution in [0.15, 0.2) is 65.8 Å². The zero-order valence-corrected chi connectivity index (χ0v) is 23.8. The summed E-state index contributed by atoms with van der Waals surface area (Å²) >= 11 is 13.0. The van der Waals surface area contributed by atoms with Crippen LogP contribution in [-0.4, -0.2) is 43.1 Å². The number of halogens is 3. The molecule has 3 aromatic rings. The number of allylic oxidation sites excluding steroid dienone is 1. The van der Waals surface area contributed by atoms with Crippen LogP contribution in [0.25, 0.3) is 11.1 Å². The van der Waals surface area contributed by atoms with E-state index < -0.39 is 0 Å². The molecule has 0 radical (unpaired) electrons. The first kappa shape index (κ1) is 28.4. The molecule has 1 heterocycles. The standard InChI is InChI=1S/C31H34Cl2FN5O/c32-23-8-12-27(29(33)18-23)28-4-1-3-21-17-22(31(35)37-38-36)7-11-26(21)30(28)20-5-9-24(10-6-20)40-25-13-16-39(19-25)15-2-14-34/h5-12,17-18,25,38H,1-4,13-16,19,36H2,(H2,35,37)/t25-/m0/s1. The largest absolute Gasteiger partial charge is 0.489 e. The van der Waals surface area contributed by atoms with Crippen LogP contribution >= 0.6 is 23.2 Å². The van der Waals surface area contributed by atoms with Crippen molar-refractivity contribution in [3.05, 3.63) is 98.5 Å². The van der Waals surface area contributed by atoms with Gasteiger partial charge < -0.3 is 10.5 Å². The normalized spacial score (nSPS) is 18.0. The van der Waals surface area contributed by atoms with Gasteiger partial charge in [0.15, 0.2) is 5.84 Å². The maximum Gasteiger partial charge on any atom is 0.152 e. The Hall–Kier alpha value is -3.10. The number of nitrogens with two attached hydrogens (primary N) is 2. The Labute approximate surface area is 244 Å². The number of ether oxygens (including phenoxy) is 1. The molecule has 1 atom stereocenters. The van der Waals surface area contributed by atoms with Crippen LogP contribution in [-0.2, 0) is 6.42 Å². The minimum absolute atomic E-state index is 0.111. The number of amidine groups is 1. The van der Waals surface area contributed by atoms with Crippen molar-refractivity contribution in [3.8, 4) is 5.75 Å². The molecule has 0 unspecified atom stereocenters. The molecule has 2 aliphatic rings. The second-order valence-corrected chi connectivity index (χ2v) is 11.1. The van der Waals surface area contributed by atoms with E-state index in [1.165, 1.54) is 11.1 Å². The summed E-state index contributed by atoms with van der Waals surface area (Å²) in [7, 11) is 0. The minimum atomic E-state index is -0.279. The van der Waals surface area contributed by atoms with Gasteiger partial charge in [0.25, 0.3) is 0 Å². The lowest BCUT2D eigenvalue weighted by atomic mass is 9.87. The third-order valence-corrected chi connectivity index (χ3v) is 8.12. The lowest BCUT2D eigenvalue weighted by molar-refractivity contribution is 0.198. The van der Waals surface area contributed by atoms with Gasteiger partial charge in [0, 0.05) is 35.2 Å². The van der Waals surface area contributed by atoms with Gasteiger partial charge >= 0.3 is 0 Å². The molecular formula is C31H34Cl2FN5O. The molecule has 5 N–H and O–H groups in total. The van der Waals surface area contributed by atoms with Gasteiger partial charge in [-0.2, -0.15) is 0 Å². The topological polar surface area (TPSA) is 88.9 Å². The molecule has 210 valence electrons. The van der Waals surface area contributed by atoms with Crippen LogP contribution in [0.1, 0.15) is 53.5 Å². The lowest BCUT2D eigenvalue weighted by Gasteiger charge is -2.19. The van der Waals surface area contributed by atoms with Crippen LogP contribution in [0, 0.1) is 0 Å². The highest BCUT2D eigenvalue weighted by Gasteiger charge is 2.25. The van der Waals surface area contributed by atoms with Gasteiger partial charge in [0.2, 0.25) is 0 Å². The number of nitrogens with zero attached hydrogens (tertiary/aromatic N) is 2. The van der Waals surface area contributed by atoms with Gasteiger partial charge in [-0.25, -0.2) is 11.4 Å². The number of hydrogen-bond acceptors (Lipinski definition) is 5. The Morgan fingerprint density at radius 2 is 1.85 bits per heavy atom. The minimum Gasteiger partial charge on any atom is -0.489 e. The Morgan fingerprint density at radius 1 is 1.05 bits per heavy atom. The SMILES string of the molecule is NN/N=C(\N)c1ccc2c(c1)CCCC(c1ccc(Cl)cc1Cl)=C2c1ccc(O[C@H]2CCN(CCCF)C2)cc1. The van der Waals surface area contributed by atoms with Crippen molar-refractivity contribution in [1.29, 1.82) is 0 Å². The molecule has 6 nitrogen and oxygen atoms in total. The third kappa shape index (κ3) is 6.44. The monoisotopic (exact) mass is 581 g/mol. The van der Waals surface area contributed by atoms with Gasteiger partial charge in [-0.05, 0) is 95.8 Å². The van der Waals surface area contributed by atoms with Crippen molar-refractivity contribution in [2.45, 2.75) is 38.2 Å². The molecule has 5 rings (SSSR count). The fourth-order valence-corrected chi connectivity index (χ4v) is 6.21. The highest BCUT2D eigenvalue weighted by Crippen LogP contribution is 2.42. The fourth-order valence-electron chi connectivity index (χ4n) is 5.69. The maximum absolute atomic E-state index is 12.6. The van der Waals surface area contributed by atoms with Crippen LogP contribution in [0.4, 0.5) is 4.39 Å². The molecule has 0 amide bonds. The average Bonchev–Trinajstić information content (AvgIpc) is 3.31. The van der Waals surface area contributed by atoms with Gasteiger partial charge in [0.1, 0.15) is 11.9 Å². The molecule has 40 heavy (non-hydrogen) atoms. The summed E-state index contributed by atoms with van der Waals surface area (Å²) in [5.41, 5.74) is 15.9. The number of hydrogen-bond donors (Lipinski definition) is 3. The van der Waals surface area contributed by atoms with Crippen LogP contribution < -0.4 is 21.8 Å². The molecule has 1 aliphatic carbocycles. The van der Waals surface area contributed by atoms with Gasteiger partial charge in [-0.1, -0.05) is 53.5 Å². The molecule has 0 bridgehead atoms. The van der Waals surface area contributed by atoms with Gasteiger partial charge in [0.05, 0.1) is 6.67 Å². The van der Waals surface area contributed by atoms with Crippen molar-refractivity contribution < 1.29 is 9.13 Å². The number of benzene rings is 3. The second kappa shape index (κ2) is 13.0. The van der Waals surface area contributed by atoms with E-state index in [0.29, 0.717) is 22.3 Å². The highest BCUT2D eigenvalue weighted by atomic mass is 35.5. The van der Waals surface area contributed by atoms with Crippen LogP contribution in [0.2, 0.25) is 10.0 Å². The number of fused-ring (bicyclic) bond motifs is 1. The van der Waals surface area contributed by atoms with E-state index in [9.17, 15) is 4.39 Å². The van der Waals surface area contributed by atoms with E-state index in [-0.39, 0.29) is 12.8 Å². The van der Waals surface area contributed by atoms with Gasteiger partial charge in [-0.3, -0.25) is 9.29 Å². The van der Waals surface area contributed by atoms with Crippen molar-refractivity contribution in [2.24, 2.45) is 16.7 Å². The predicted octanol–water partition coefficient (Wildman–Crippen LogP) is 6.19. The summed E-state index contributed by atoms with van der Waals surface area (Å²) < 4.78 is 18.9. The van der Waals surface area contributed by atoms with E-state index in [2.05, 4.69) is 39.8 Å². The summed E-state index contributed by atoms with van der Waals surface area (Å²) in [5, 5.41) is 5.18. The summed E-state index contributed by atoms with van der Waals surface area (Å²) in [4.78, 5) is 2.27. The Morgan fingerprint density at radius 3 is 2.60 bits per heavy atom. The summed E-state index contributed by atoms with van der Waals surface area (Å²) in [6.45, 7) is 2.27. The number of rotatable bonds is 9. The molecular weight excluding hydrogens is 548 g/mol. The Balaban J connectivity index is 1.52. The van der Waals surface area contributed by atoms with Crippen LogP contribution in [0.5, 0.6) is 5.75 Å². The zero-order valence-electron chi connectivity index (χ0n) is 22.3. The predicted molar refractivity (Wildman–Crippen MR) is 162 cm³/mol. The molecule has 0 aromatic heterocycles. The molecule has 0 spiro atoms. The van der Waals surface area contributed by atoms with Crippen molar-refractivity contribution in [3.63, 3.8) is 0 Å².